The van der Waals surface area contributed by atoms with Gasteiger partial charge in [0.15, 0.2) is 5.83 Å². The molecule has 0 rings (SSSR count). The summed E-state index contributed by atoms with van der Waals surface area (Å²) in [6, 6.07) is 0. The highest BCUT2D eigenvalue weighted by Gasteiger charge is 2.34. The molecule has 0 bridgehead atoms. The Kier molecular flexibility index (Phi) is 6.15. The van der Waals surface area contributed by atoms with Crippen molar-refractivity contribution in [3.63, 3.8) is 0 Å². The maximum Gasteiger partial charge on any atom is 0.445 e. The van der Waals surface area contributed by atoms with Gasteiger partial charge in [0.2, 0.25) is 5.83 Å². The maximum atomic E-state index is 11.0. The topological polar surface area (TPSA) is 0 Å². The Morgan fingerprint density at radius 2 is 1.13 bits per heavy atom. The fourth-order valence-electron chi connectivity index (χ4n) is 0.0619. The van der Waals surface area contributed by atoms with E-state index in [1.807, 2.05) is 6.58 Å². The van der Waals surface area contributed by atoms with Crippen molar-refractivity contribution in [1.29, 1.82) is 0 Å². The van der Waals surface area contributed by atoms with Gasteiger partial charge in [-0.1, -0.05) is 6.58 Å². The van der Waals surface area contributed by atoms with Crippen LogP contribution in [0.3, 0.4) is 0 Å². The van der Waals surface area contributed by atoms with Crippen LogP contribution in [0.1, 0.15) is 0 Å². The Labute approximate surface area is 77.7 Å². The second-order valence-corrected chi connectivity index (χ2v) is 1.86. The van der Waals surface area contributed by atoms with Crippen molar-refractivity contribution < 1.29 is 39.5 Å². The molecule has 0 aliphatic rings. The highest BCUT2D eigenvalue weighted by atomic mass is 19.4. The molecule has 0 heterocycles. The van der Waals surface area contributed by atoms with Crippen LogP contribution >= 0.6 is 0 Å². The molecule has 0 radical (unpaired) electrons. The fraction of sp³-hybridized carbons (Fsp3) is 0.333. The Morgan fingerprint density at radius 3 is 1.13 bits per heavy atom. The smallest absolute Gasteiger partial charge is 0.212 e. The normalized spacial score (nSPS) is 13.0. The standard InChI is InChI=1S/C3HF5.C3H2F4/c4-1-2(5)3(6,7)8;1-2(4)3(5,6)7/h1H;1H2. The van der Waals surface area contributed by atoms with Crippen molar-refractivity contribution >= 4 is 0 Å². The van der Waals surface area contributed by atoms with E-state index in [0.717, 1.165) is 0 Å². The highest BCUT2D eigenvalue weighted by Crippen LogP contribution is 2.26. The van der Waals surface area contributed by atoms with Crippen LogP contribution in [0.25, 0.3) is 0 Å². The summed E-state index contributed by atoms with van der Waals surface area (Å²) in [6.45, 7) is 2.03. The Balaban J connectivity index is 0. The molecule has 0 fully saturated rings. The van der Waals surface area contributed by atoms with Gasteiger partial charge in [-0.15, -0.1) is 0 Å². The maximum absolute atomic E-state index is 11.0. The Morgan fingerprint density at radius 1 is 0.867 bits per heavy atom. The molecule has 0 spiro atoms. The first-order chi connectivity index (χ1) is 6.42. The summed E-state index contributed by atoms with van der Waals surface area (Å²) in [4.78, 5) is 0. The van der Waals surface area contributed by atoms with E-state index in [9.17, 15) is 39.5 Å². The lowest BCUT2D eigenvalue weighted by atomic mass is 10.6. The summed E-state index contributed by atoms with van der Waals surface area (Å²) in [7, 11) is 0. The predicted octanol–water partition coefficient (Wildman–Crippen LogP) is 4.36. The van der Waals surface area contributed by atoms with Gasteiger partial charge in [0.1, 0.15) is 6.33 Å². The quantitative estimate of drug-likeness (QED) is 0.557. The lowest BCUT2D eigenvalue weighted by molar-refractivity contribution is -0.110. The summed E-state index contributed by atoms with van der Waals surface area (Å²) < 4.78 is 96.9. The lowest BCUT2D eigenvalue weighted by Crippen LogP contribution is -2.06. The van der Waals surface area contributed by atoms with Gasteiger partial charge in [-0.05, 0) is 0 Å². The average Bonchev–Trinajstić information content (AvgIpc) is 2.00. The third-order valence-electron chi connectivity index (χ3n) is 0.674. The zero-order chi connectivity index (χ0) is 12.9. The summed E-state index contributed by atoms with van der Waals surface area (Å²) in [5.41, 5.74) is 0. The van der Waals surface area contributed by atoms with Gasteiger partial charge < -0.3 is 0 Å². The summed E-state index contributed by atoms with van der Waals surface area (Å²) in [5.74, 6) is -4.97. The van der Waals surface area contributed by atoms with Crippen LogP contribution in [0, 0.1) is 0 Å². The number of alkyl halides is 6. The van der Waals surface area contributed by atoms with E-state index >= 15 is 0 Å². The number of halogens is 9. The highest BCUT2D eigenvalue weighted by molar-refractivity contribution is 4.93. The van der Waals surface area contributed by atoms with Crippen LogP contribution in [0.15, 0.2) is 24.6 Å². The molecule has 15 heavy (non-hydrogen) atoms. The van der Waals surface area contributed by atoms with Crippen LogP contribution in [-0.4, -0.2) is 12.4 Å². The fourth-order valence-corrected chi connectivity index (χ4v) is 0.0619. The van der Waals surface area contributed by atoms with Crippen LogP contribution in [-0.2, 0) is 0 Å². The van der Waals surface area contributed by atoms with Crippen LogP contribution < -0.4 is 0 Å². The third kappa shape index (κ3) is 9.16. The van der Waals surface area contributed by atoms with E-state index in [0.29, 0.717) is 0 Å². The largest absolute Gasteiger partial charge is 0.445 e. The molecular formula is C6H3F9. The molecule has 0 aromatic heterocycles. The van der Waals surface area contributed by atoms with Gasteiger partial charge in [-0.3, -0.25) is 0 Å². The van der Waals surface area contributed by atoms with Crippen molar-refractivity contribution in [3.8, 4) is 0 Å². The molecule has 0 aromatic rings. The van der Waals surface area contributed by atoms with E-state index < -0.39 is 30.3 Å². The van der Waals surface area contributed by atoms with Gasteiger partial charge >= 0.3 is 12.4 Å². The molecule has 0 saturated heterocycles. The number of hydrogen-bond acceptors (Lipinski definition) is 0. The van der Waals surface area contributed by atoms with Gasteiger partial charge in [-0.25, -0.2) is 8.78 Å². The molecule has 0 aliphatic heterocycles. The van der Waals surface area contributed by atoms with Crippen molar-refractivity contribution in [3.05, 3.63) is 24.6 Å². The minimum atomic E-state index is -5.17. The van der Waals surface area contributed by atoms with E-state index in [1.165, 1.54) is 0 Å². The number of rotatable bonds is 0. The summed E-state index contributed by atoms with van der Waals surface area (Å²) >= 11 is 0. The first kappa shape index (κ1) is 16.3. The third-order valence-corrected chi connectivity index (χ3v) is 0.674. The van der Waals surface area contributed by atoms with E-state index in [4.69, 9.17) is 0 Å². The minimum absolute atomic E-state index is 1.12. The minimum Gasteiger partial charge on any atom is -0.212 e. The van der Waals surface area contributed by atoms with Crippen LogP contribution in [0.5, 0.6) is 0 Å². The molecule has 0 unspecified atom stereocenters. The van der Waals surface area contributed by atoms with Gasteiger partial charge in [0.25, 0.3) is 0 Å². The van der Waals surface area contributed by atoms with Crippen LogP contribution in [0.2, 0.25) is 0 Å². The molecule has 0 N–H and O–H groups in total. The summed E-state index contributed by atoms with van der Waals surface area (Å²) in [5, 5.41) is 0. The monoisotopic (exact) mass is 246 g/mol. The van der Waals surface area contributed by atoms with E-state index in [1.54, 1.807) is 0 Å². The molecule has 0 saturated carbocycles. The second kappa shape index (κ2) is 5.66. The molecule has 0 nitrogen and oxygen atoms in total. The Bertz CT molecular complexity index is 230. The van der Waals surface area contributed by atoms with Crippen LogP contribution in [0.4, 0.5) is 39.5 Å². The zero-order valence-corrected chi connectivity index (χ0v) is 6.69. The molecule has 9 heteroatoms. The Hall–Kier alpha value is -1.15. The molecule has 0 atom stereocenters. The molecule has 90 valence electrons. The first-order valence-corrected chi connectivity index (χ1v) is 2.87. The van der Waals surface area contributed by atoms with Gasteiger partial charge in [0, 0.05) is 0 Å². The van der Waals surface area contributed by atoms with Crippen molar-refractivity contribution in [2.75, 3.05) is 0 Å². The average molecular weight is 246 g/mol. The summed E-state index contributed by atoms with van der Waals surface area (Å²) in [6.07, 6.45) is -11.2. The van der Waals surface area contributed by atoms with E-state index in [-0.39, 0.29) is 0 Å². The molecular weight excluding hydrogens is 243 g/mol. The first-order valence-electron chi connectivity index (χ1n) is 2.87. The van der Waals surface area contributed by atoms with E-state index in [2.05, 4.69) is 0 Å². The predicted molar refractivity (Wildman–Crippen MR) is 32.7 cm³/mol. The zero-order valence-electron chi connectivity index (χ0n) is 6.69. The lowest BCUT2D eigenvalue weighted by Gasteiger charge is -1.97. The second-order valence-electron chi connectivity index (χ2n) is 1.86. The van der Waals surface area contributed by atoms with Crippen molar-refractivity contribution in [2.45, 2.75) is 12.4 Å². The SMILES string of the molecule is C=C(F)C(F)(F)F.FC=C(F)C(F)(F)F. The van der Waals surface area contributed by atoms with Crippen molar-refractivity contribution in [2.24, 2.45) is 0 Å². The number of hydrogen-bond donors (Lipinski definition) is 0. The molecule has 0 aliphatic carbocycles. The molecule has 0 aromatic carbocycles. The van der Waals surface area contributed by atoms with Gasteiger partial charge in [0.05, 0.1) is 0 Å². The van der Waals surface area contributed by atoms with Crippen molar-refractivity contribution in [1.82, 2.24) is 0 Å². The van der Waals surface area contributed by atoms with Gasteiger partial charge in [-0.2, -0.15) is 30.7 Å². The molecule has 0 amide bonds. The number of allylic oxidation sites excluding steroid dienone is 2.